The van der Waals surface area contributed by atoms with Gasteiger partial charge in [0.1, 0.15) is 0 Å². The highest BCUT2D eigenvalue weighted by Gasteiger charge is 2.26. The third-order valence-electron chi connectivity index (χ3n) is 4.13. The maximum absolute atomic E-state index is 5.87. The summed E-state index contributed by atoms with van der Waals surface area (Å²) in [6, 6.07) is 0.616. The Hall–Kier alpha value is 0.170. The van der Waals surface area contributed by atoms with Crippen molar-refractivity contribution >= 4 is 12.4 Å². The number of rotatable bonds is 4. The molecule has 2 aliphatic heterocycles. The molecule has 0 saturated carbocycles. The van der Waals surface area contributed by atoms with E-state index in [1.165, 1.54) is 45.2 Å². The van der Waals surface area contributed by atoms with E-state index in [4.69, 9.17) is 10.5 Å². The van der Waals surface area contributed by atoms with Crippen LogP contribution in [0.3, 0.4) is 0 Å². The molecule has 0 aliphatic carbocycles. The van der Waals surface area contributed by atoms with Crippen LogP contribution in [0.5, 0.6) is 0 Å². The van der Waals surface area contributed by atoms with Crippen LogP contribution in [0, 0.1) is 5.92 Å². The molecule has 0 spiro atoms. The molecule has 2 fully saturated rings. The van der Waals surface area contributed by atoms with Gasteiger partial charge in [-0.1, -0.05) is 6.92 Å². The molecule has 3 nitrogen and oxygen atoms in total. The molecule has 0 bridgehead atoms. The Labute approximate surface area is 111 Å². The Morgan fingerprint density at radius 3 is 2.82 bits per heavy atom. The summed E-state index contributed by atoms with van der Waals surface area (Å²) >= 11 is 0. The van der Waals surface area contributed by atoms with Crippen LogP contribution >= 0.6 is 12.4 Å². The zero-order valence-electron chi connectivity index (χ0n) is 10.9. The van der Waals surface area contributed by atoms with E-state index in [-0.39, 0.29) is 12.4 Å². The highest BCUT2D eigenvalue weighted by molar-refractivity contribution is 5.85. The van der Waals surface area contributed by atoms with E-state index >= 15 is 0 Å². The number of ether oxygens (including phenoxy) is 1. The van der Waals surface area contributed by atoms with Gasteiger partial charge in [-0.25, -0.2) is 0 Å². The molecule has 2 heterocycles. The largest absolute Gasteiger partial charge is 0.378 e. The van der Waals surface area contributed by atoms with E-state index in [2.05, 4.69) is 11.8 Å². The van der Waals surface area contributed by atoms with Crippen LogP contribution < -0.4 is 5.73 Å². The molecule has 102 valence electrons. The van der Waals surface area contributed by atoms with E-state index < -0.39 is 0 Å². The molecular weight excluding hydrogens is 236 g/mol. The lowest BCUT2D eigenvalue weighted by atomic mass is 9.92. The predicted molar refractivity (Wildman–Crippen MR) is 73.7 cm³/mol. The lowest BCUT2D eigenvalue weighted by Gasteiger charge is -2.38. The van der Waals surface area contributed by atoms with Crippen LogP contribution in [0.15, 0.2) is 0 Å². The highest BCUT2D eigenvalue weighted by atomic mass is 35.5. The van der Waals surface area contributed by atoms with Crippen LogP contribution in [-0.2, 0) is 4.74 Å². The summed E-state index contributed by atoms with van der Waals surface area (Å²) in [5.41, 5.74) is 5.87. The highest BCUT2D eigenvalue weighted by Crippen LogP contribution is 2.23. The summed E-state index contributed by atoms with van der Waals surface area (Å²) in [7, 11) is 0. The second kappa shape index (κ2) is 7.57. The molecule has 4 heteroatoms. The van der Waals surface area contributed by atoms with Crippen molar-refractivity contribution in [1.82, 2.24) is 4.90 Å². The van der Waals surface area contributed by atoms with Crippen LogP contribution in [-0.4, -0.2) is 43.3 Å². The first-order chi connectivity index (χ1) is 7.79. The minimum Gasteiger partial charge on any atom is -0.378 e. The van der Waals surface area contributed by atoms with Gasteiger partial charge in [0.05, 0.1) is 6.10 Å². The lowest BCUT2D eigenvalue weighted by Crippen LogP contribution is -2.47. The monoisotopic (exact) mass is 262 g/mol. The zero-order valence-corrected chi connectivity index (χ0v) is 11.8. The van der Waals surface area contributed by atoms with Crippen molar-refractivity contribution in [3.63, 3.8) is 0 Å². The third kappa shape index (κ3) is 4.40. The third-order valence-corrected chi connectivity index (χ3v) is 4.13. The second-order valence-corrected chi connectivity index (χ2v) is 5.48. The number of nitrogens with two attached hydrogens (primary N) is 1. The van der Waals surface area contributed by atoms with Crippen LogP contribution in [0.25, 0.3) is 0 Å². The summed E-state index contributed by atoms with van der Waals surface area (Å²) in [6.07, 6.45) is 6.85. The van der Waals surface area contributed by atoms with Gasteiger partial charge >= 0.3 is 0 Å². The van der Waals surface area contributed by atoms with Gasteiger partial charge in [0, 0.05) is 25.7 Å². The predicted octanol–water partition coefficient (Wildman–Crippen LogP) is 2.04. The Bertz CT molecular complexity index is 210. The fourth-order valence-corrected chi connectivity index (χ4v) is 3.02. The molecule has 0 radical (unpaired) electrons. The van der Waals surface area contributed by atoms with Crippen LogP contribution in [0.1, 0.15) is 39.0 Å². The van der Waals surface area contributed by atoms with Gasteiger partial charge in [0.25, 0.3) is 0 Å². The van der Waals surface area contributed by atoms with Crippen molar-refractivity contribution in [3.05, 3.63) is 0 Å². The van der Waals surface area contributed by atoms with Gasteiger partial charge in [-0.3, -0.25) is 4.90 Å². The van der Waals surface area contributed by atoms with Crippen LogP contribution in [0.4, 0.5) is 0 Å². The summed E-state index contributed by atoms with van der Waals surface area (Å²) < 4.78 is 5.68. The molecule has 0 aromatic rings. The Morgan fingerprint density at radius 1 is 1.35 bits per heavy atom. The summed E-state index contributed by atoms with van der Waals surface area (Å²) in [4.78, 5) is 2.58. The zero-order chi connectivity index (χ0) is 11.4. The van der Waals surface area contributed by atoms with Crippen LogP contribution in [0.2, 0.25) is 0 Å². The quantitative estimate of drug-likeness (QED) is 0.843. The van der Waals surface area contributed by atoms with E-state index in [1.54, 1.807) is 0 Å². The topological polar surface area (TPSA) is 38.5 Å². The molecule has 2 rings (SSSR count). The molecule has 2 saturated heterocycles. The minimum absolute atomic E-state index is 0. The summed E-state index contributed by atoms with van der Waals surface area (Å²) in [6.45, 7) is 6.55. The average Bonchev–Trinajstić information content (AvgIpc) is 2.80. The maximum atomic E-state index is 5.87. The van der Waals surface area contributed by atoms with Gasteiger partial charge in [-0.15, -0.1) is 12.4 Å². The van der Waals surface area contributed by atoms with Crippen molar-refractivity contribution in [1.29, 1.82) is 0 Å². The molecule has 0 amide bonds. The number of halogens is 1. The molecule has 3 unspecified atom stereocenters. The number of likely N-dealkylation sites (tertiary alicyclic amines) is 1. The summed E-state index contributed by atoms with van der Waals surface area (Å²) in [5, 5.41) is 0. The first-order valence-corrected chi connectivity index (χ1v) is 6.85. The molecular formula is C13H27ClN2O. The van der Waals surface area contributed by atoms with Gasteiger partial charge in [0.2, 0.25) is 0 Å². The van der Waals surface area contributed by atoms with Crippen molar-refractivity contribution < 1.29 is 4.74 Å². The van der Waals surface area contributed by atoms with E-state index in [0.717, 1.165) is 19.1 Å². The van der Waals surface area contributed by atoms with Gasteiger partial charge in [-0.2, -0.15) is 0 Å². The average molecular weight is 263 g/mol. The fourth-order valence-electron chi connectivity index (χ4n) is 3.02. The summed E-state index contributed by atoms with van der Waals surface area (Å²) in [5.74, 6) is 0.854. The molecule has 17 heavy (non-hydrogen) atoms. The first kappa shape index (κ1) is 15.2. The second-order valence-electron chi connectivity index (χ2n) is 5.48. The van der Waals surface area contributed by atoms with Crippen molar-refractivity contribution in [2.45, 2.75) is 51.2 Å². The van der Waals surface area contributed by atoms with Gasteiger partial charge < -0.3 is 10.5 Å². The molecule has 0 aromatic heterocycles. The van der Waals surface area contributed by atoms with Gasteiger partial charge in [0.15, 0.2) is 0 Å². The Morgan fingerprint density at radius 2 is 2.18 bits per heavy atom. The molecule has 2 N–H and O–H groups in total. The number of hydrogen-bond donors (Lipinski definition) is 1. The normalized spacial score (nSPS) is 34.6. The van der Waals surface area contributed by atoms with Gasteiger partial charge in [-0.05, 0) is 44.6 Å². The minimum atomic E-state index is 0. The van der Waals surface area contributed by atoms with Crippen molar-refractivity contribution in [2.24, 2.45) is 11.7 Å². The molecule has 0 aromatic carbocycles. The maximum Gasteiger partial charge on any atom is 0.0588 e. The lowest BCUT2D eigenvalue weighted by molar-refractivity contribution is 0.0689. The number of piperidine rings is 1. The number of nitrogens with zero attached hydrogens (tertiary/aromatic N) is 1. The van der Waals surface area contributed by atoms with Crippen molar-refractivity contribution in [3.8, 4) is 0 Å². The Balaban J connectivity index is 0.00000144. The first-order valence-electron chi connectivity index (χ1n) is 6.85. The standard InChI is InChI=1S/C13H26N2O.ClH/c1-11-4-6-15(12(9-11)10-14)7-5-13-3-2-8-16-13;/h11-13H,2-10,14H2,1H3;1H. The van der Waals surface area contributed by atoms with E-state index in [0.29, 0.717) is 12.1 Å². The Kier molecular flexibility index (Phi) is 6.78. The molecule has 2 aliphatic rings. The smallest absolute Gasteiger partial charge is 0.0588 e. The SMILES string of the molecule is CC1CCN(CCC2CCCO2)C(CN)C1.Cl. The van der Waals surface area contributed by atoms with E-state index in [1.807, 2.05) is 0 Å². The number of hydrogen-bond acceptors (Lipinski definition) is 3. The van der Waals surface area contributed by atoms with Crippen molar-refractivity contribution in [2.75, 3.05) is 26.2 Å². The fraction of sp³-hybridized carbons (Fsp3) is 1.00. The van der Waals surface area contributed by atoms with E-state index in [9.17, 15) is 0 Å². The molecule has 3 atom stereocenters.